The Balaban J connectivity index is 0.000000858. The molecule has 31 heavy (non-hydrogen) atoms. The Kier molecular flexibility index (Phi) is 6.81. The van der Waals surface area contributed by atoms with Crippen LogP contribution in [0.25, 0.3) is 16.9 Å². The summed E-state index contributed by atoms with van der Waals surface area (Å²) in [6.45, 7) is 7.25. The van der Waals surface area contributed by atoms with E-state index in [0.29, 0.717) is 5.82 Å². The van der Waals surface area contributed by atoms with Crippen LogP contribution in [0.3, 0.4) is 0 Å². The van der Waals surface area contributed by atoms with E-state index in [1.165, 1.54) is 6.92 Å². The van der Waals surface area contributed by atoms with Crippen molar-refractivity contribution in [1.82, 2.24) is 24.1 Å². The first-order valence-corrected chi connectivity index (χ1v) is 9.64. The van der Waals surface area contributed by atoms with Crippen molar-refractivity contribution in [1.29, 1.82) is 5.26 Å². The van der Waals surface area contributed by atoms with Gasteiger partial charge in [-0.2, -0.15) is 10.4 Å². The fourth-order valence-corrected chi connectivity index (χ4v) is 3.04. The van der Waals surface area contributed by atoms with Gasteiger partial charge in [0.2, 0.25) is 0 Å². The molecule has 156 valence electrons. The van der Waals surface area contributed by atoms with Crippen molar-refractivity contribution in [2.45, 2.75) is 13.8 Å². The molecular formula is C23H24N8. The fraction of sp³-hybridized carbons (Fsp3) is 0.130. The number of rotatable bonds is 6. The van der Waals surface area contributed by atoms with Gasteiger partial charge in [-0.05, 0) is 31.2 Å². The van der Waals surface area contributed by atoms with Gasteiger partial charge in [-0.15, -0.1) is 0 Å². The molecule has 3 heterocycles. The largest absolute Gasteiger partial charge is 0.337 e. The van der Waals surface area contributed by atoms with Crippen molar-refractivity contribution in [3.63, 3.8) is 0 Å². The predicted molar refractivity (Wildman–Crippen MR) is 124 cm³/mol. The first-order chi connectivity index (χ1) is 15.1. The lowest BCUT2D eigenvalue weighted by molar-refractivity contribution is 0.768. The molecule has 0 bridgehead atoms. The summed E-state index contributed by atoms with van der Waals surface area (Å²) < 4.78 is 3.78. The van der Waals surface area contributed by atoms with Crippen LogP contribution in [0.15, 0.2) is 80.3 Å². The molecule has 0 amide bonds. The molecule has 0 fully saturated rings. The van der Waals surface area contributed by atoms with Crippen molar-refractivity contribution >= 4 is 22.8 Å². The number of benzene rings is 1. The van der Waals surface area contributed by atoms with Crippen LogP contribution in [0.5, 0.6) is 0 Å². The Morgan fingerprint density at radius 2 is 1.94 bits per heavy atom. The van der Waals surface area contributed by atoms with E-state index in [1.807, 2.05) is 84.6 Å². The second kappa shape index (κ2) is 9.89. The number of nitrogens with zero attached hydrogens (tertiary/aromatic N) is 7. The van der Waals surface area contributed by atoms with Crippen LogP contribution in [-0.4, -0.2) is 24.1 Å². The maximum Gasteiger partial charge on any atom is 0.180 e. The fourth-order valence-electron chi connectivity index (χ4n) is 3.04. The summed E-state index contributed by atoms with van der Waals surface area (Å²) in [7, 11) is 1.90. The summed E-state index contributed by atoms with van der Waals surface area (Å²) in [6, 6.07) is 9.81. The first-order valence-electron chi connectivity index (χ1n) is 9.64. The maximum atomic E-state index is 7.32. The molecule has 1 N–H and O–H groups in total. The molecule has 0 aliphatic heterocycles. The third-order valence-corrected chi connectivity index (χ3v) is 4.36. The van der Waals surface area contributed by atoms with Gasteiger partial charge in [-0.3, -0.25) is 9.08 Å². The number of imidazole rings is 1. The Labute approximate surface area is 181 Å². The standard InChI is InChI=1S/C21H21N7.C2H3N/c1-4-11-27(5-2)18-8-6-17(7-9-18)25-20-21-23-14-19(28(21)12-10-22-20)16-13-24-26(3)15-16;1-2-3/h4-15H,2H2,1,3H3,(H,22,25);1H3/b11-4-;. The zero-order valence-electron chi connectivity index (χ0n) is 17.8. The molecule has 4 rings (SSSR count). The molecule has 8 heteroatoms. The second-order valence-corrected chi connectivity index (χ2v) is 6.48. The van der Waals surface area contributed by atoms with Crippen molar-refractivity contribution in [3.8, 4) is 17.3 Å². The summed E-state index contributed by atoms with van der Waals surface area (Å²) in [5.74, 6) is 0.694. The molecule has 0 aliphatic rings. The number of anilines is 3. The summed E-state index contributed by atoms with van der Waals surface area (Å²) in [5, 5.41) is 14.9. The lowest BCUT2D eigenvalue weighted by Gasteiger charge is -2.15. The topological polar surface area (TPSA) is 87.1 Å². The van der Waals surface area contributed by atoms with Crippen LogP contribution in [0, 0.1) is 11.3 Å². The zero-order valence-corrected chi connectivity index (χ0v) is 17.8. The van der Waals surface area contributed by atoms with Gasteiger partial charge in [-0.25, -0.2) is 9.97 Å². The van der Waals surface area contributed by atoms with Gasteiger partial charge in [0, 0.05) is 61.9 Å². The number of nitriles is 1. The molecule has 0 spiro atoms. The molecule has 8 nitrogen and oxygen atoms in total. The quantitative estimate of drug-likeness (QED) is 0.485. The normalized spacial score (nSPS) is 10.4. The van der Waals surface area contributed by atoms with Crippen molar-refractivity contribution in [2.24, 2.45) is 7.05 Å². The van der Waals surface area contributed by atoms with Gasteiger partial charge in [0.15, 0.2) is 11.5 Å². The van der Waals surface area contributed by atoms with Gasteiger partial charge < -0.3 is 10.2 Å². The minimum Gasteiger partial charge on any atom is -0.337 e. The minimum absolute atomic E-state index is 0.694. The van der Waals surface area contributed by atoms with Crippen molar-refractivity contribution < 1.29 is 0 Å². The van der Waals surface area contributed by atoms with E-state index in [-0.39, 0.29) is 0 Å². The Bertz CT molecular complexity index is 1220. The summed E-state index contributed by atoms with van der Waals surface area (Å²) in [5.41, 5.74) is 4.69. The molecule has 3 aromatic heterocycles. The number of fused-ring (bicyclic) bond motifs is 1. The molecule has 0 aliphatic carbocycles. The third-order valence-electron chi connectivity index (χ3n) is 4.36. The van der Waals surface area contributed by atoms with Gasteiger partial charge in [0.1, 0.15) is 0 Å². The second-order valence-electron chi connectivity index (χ2n) is 6.48. The van der Waals surface area contributed by atoms with Crippen LogP contribution in [0.2, 0.25) is 0 Å². The van der Waals surface area contributed by atoms with E-state index in [9.17, 15) is 0 Å². The van der Waals surface area contributed by atoms with Crippen LogP contribution in [0.1, 0.15) is 13.8 Å². The van der Waals surface area contributed by atoms with Gasteiger partial charge in [-0.1, -0.05) is 12.7 Å². The lowest BCUT2D eigenvalue weighted by Crippen LogP contribution is -2.05. The molecule has 0 saturated heterocycles. The van der Waals surface area contributed by atoms with E-state index in [4.69, 9.17) is 5.26 Å². The maximum absolute atomic E-state index is 7.32. The number of aryl methyl sites for hydroxylation is 1. The van der Waals surface area contributed by atoms with Crippen LogP contribution >= 0.6 is 0 Å². The Morgan fingerprint density at radius 1 is 1.19 bits per heavy atom. The number of hydrogen-bond acceptors (Lipinski definition) is 6. The van der Waals surface area contributed by atoms with E-state index in [1.54, 1.807) is 23.1 Å². The minimum atomic E-state index is 0.694. The third kappa shape index (κ3) is 4.79. The highest BCUT2D eigenvalue weighted by Crippen LogP contribution is 2.26. The molecule has 1 aromatic carbocycles. The number of allylic oxidation sites excluding steroid dienone is 1. The van der Waals surface area contributed by atoms with Gasteiger partial charge >= 0.3 is 0 Å². The molecule has 0 atom stereocenters. The van der Waals surface area contributed by atoms with Gasteiger partial charge in [0.25, 0.3) is 0 Å². The average Bonchev–Trinajstić information content (AvgIpc) is 3.40. The predicted octanol–water partition coefficient (Wildman–Crippen LogP) is 4.89. The monoisotopic (exact) mass is 412 g/mol. The van der Waals surface area contributed by atoms with Crippen molar-refractivity contribution in [3.05, 3.63) is 80.3 Å². The van der Waals surface area contributed by atoms with E-state index in [2.05, 4.69) is 27.0 Å². The summed E-state index contributed by atoms with van der Waals surface area (Å²) in [6.07, 6.45) is 15.0. The molecule has 0 saturated carbocycles. The SMILES string of the molecule is C=CN(/C=C\C)c1ccc(Nc2nccn3c(-c4cnn(C)c4)cnc23)cc1.CC#N. The number of aromatic nitrogens is 5. The van der Waals surface area contributed by atoms with Crippen molar-refractivity contribution in [2.75, 3.05) is 10.2 Å². The molecular weight excluding hydrogens is 388 g/mol. The molecule has 0 unspecified atom stereocenters. The Hall–Kier alpha value is -4.38. The first kappa shape index (κ1) is 21.3. The van der Waals surface area contributed by atoms with E-state index in [0.717, 1.165) is 28.3 Å². The smallest absolute Gasteiger partial charge is 0.180 e. The highest BCUT2D eigenvalue weighted by Gasteiger charge is 2.12. The van der Waals surface area contributed by atoms with Crippen LogP contribution < -0.4 is 10.2 Å². The lowest BCUT2D eigenvalue weighted by atomic mass is 10.2. The van der Waals surface area contributed by atoms with E-state index >= 15 is 0 Å². The Morgan fingerprint density at radius 3 is 2.55 bits per heavy atom. The number of nitrogens with one attached hydrogen (secondary N) is 1. The average molecular weight is 413 g/mol. The summed E-state index contributed by atoms with van der Waals surface area (Å²) in [4.78, 5) is 11.0. The highest BCUT2D eigenvalue weighted by molar-refractivity contribution is 5.74. The number of hydrogen-bond donors (Lipinski definition) is 1. The summed E-state index contributed by atoms with van der Waals surface area (Å²) >= 11 is 0. The molecule has 0 radical (unpaired) electrons. The van der Waals surface area contributed by atoms with Crippen LogP contribution in [0.4, 0.5) is 17.2 Å². The highest BCUT2D eigenvalue weighted by atomic mass is 15.2. The van der Waals surface area contributed by atoms with Crippen LogP contribution in [-0.2, 0) is 7.05 Å². The zero-order chi connectivity index (χ0) is 22.2. The van der Waals surface area contributed by atoms with Gasteiger partial charge in [0.05, 0.1) is 24.2 Å². The molecule has 4 aromatic rings. The van der Waals surface area contributed by atoms with E-state index < -0.39 is 0 Å².